The first kappa shape index (κ1) is 18.7. The lowest BCUT2D eigenvalue weighted by Crippen LogP contribution is -2.26. The van der Waals surface area contributed by atoms with Gasteiger partial charge in [-0.25, -0.2) is 4.39 Å². The van der Waals surface area contributed by atoms with Crippen LogP contribution in [-0.4, -0.2) is 28.2 Å². The second kappa shape index (κ2) is 7.75. The first-order chi connectivity index (χ1) is 14.0. The first-order valence-corrected chi connectivity index (χ1v) is 9.11. The molecule has 1 aromatic heterocycles. The Labute approximate surface area is 166 Å². The summed E-state index contributed by atoms with van der Waals surface area (Å²) >= 11 is 0. The van der Waals surface area contributed by atoms with Crippen molar-refractivity contribution in [1.82, 2.24) is 9.78 Å². The zero-order valence-electron chi connectivity index (χ0n) is 15.7. The van der Waals surface area contributed by atoms with Gasteiger partial charge in [0.15, 0.2) is 12.4 Å². The van der Waals surface area contributed by atoms with Gasteiger partial charge in [0.05, 0.1) is 0 Å². The third-order valence-electron chi connectivity index (χ3n) is 4.72. The third kappa shape index (κ3) is 3.96. The molecule has 4 rings (SSSR count). The molecule has 7 nitrogen and oxygen atoms in total. The molecule has 0 bridgehead atoms. The standard InChI is InChI=1S/C21H19FN4O3/c1-26-21-19(16(11-17(27)24-21)13-5-3-2-4-6-13)20(25-26)23-18(28)12-29-15-9-7-14(22)8-10-15/h2-10,16H,11-12H2,1H3,(H,24,27)(H,23,25,28)/t16-/m0/s1. The topological polar surface area (TPSA) is 85.2 Å². The quantitative estimate of drug-likeness (QED) is 0.697. The van der Waals surface area contributed by atoms with E-state index in [4.69, 9.17) is 4.74 Å². The molecule has 0 saturated heterocycles. The van der Waals surface area contributed by atoms with Crippen LogP contribution >= 0.6 is 0 Å². The van der Waals surface area contributed by atoms with E-state index in [1.54, 1.807) is 11.7 Å². The number of halogens is 1. The summed E-state index contributed by atoms with van der Waals surface area (Å²) in [6.07, 6.45) is 0.262. The summed E-state index contributed by atoms with van der Waals surface area (Å²) < 4.78 is 19.9. The molecular formula is C21H19FN4O3. The molecule has 2 aromatic carbocycles. The van der Waals surface area contributed by atoms with Gasteiger partial charge in [0, 0.05) is 24.9 Å². The Morgan fingerprint density at radius 1 is 1.24 bits per heavy atom. The summed E-state index contributed by atoms with van der Waals surface area (Å²) in [5.74, 6) is 0.219. The van der Waals surface area contributed by atoms with Crippen molar-refractivity contribution in [2.45, 2.75) is 12.3 Å². The van der Waals surface area contributed by atoms with E-state index >= 15 is 0 Å². The summed E-state index contributed by atoms with van der Waals surface area (Å²) in [4.78, 5) is 24.6. The molecule has 3 aromatic rings. The van der Waals surface area contributed by atoms with Gasteiger partial charge >= 0.3 is 0 Å². The second-order valence-corrected chi connectivity index (χ2v) is 6.74. The summed E-state index contributed by atoms with van der Waals surface area (Å²) in [6.45, 7) is -0.251. The molecule has 2 amide bonds. The number of hydrogen-bond donors (Lipinski definition) is 2. The van der Waals surface area contributed by atoms with Gasteiger partial charge in [0.2, 0.25) is 5.91 Å². The van der Waals surface area contributed by atoms with Gasteiger partial charge in [-0.05, 0) is 29.8 Å². The van der Waals surface area contributed by atoms with Crippen molar-refractivity contribution in [2.24, 2.45) is 7.05 Å². The van der Waals surface area contributed by atoms with Gasteiger partial charge in [-0.3, -0.25) is 14.3 Å². The van der Waals surface area contributed by atoms with E-state index in [1.165, 1.54) is 24.3 Å². The predicted molar refractivity (Wildman–Crippen MR) is 105 cm³/mol. The van der Waals surface area contributed by atoms with Crippen LogP contribution in [0.2, 0.25) is 0 Å². The van der Waals surface area contributed by atoms with E-state index in [-0.39, 0.29) is 30.7 Å². The SMILES string of the molecule is Cn1nc(NC(=O)COc2ccc(F)cc2)c2c1NC(=O)C[C@H]2c1ccccc1. The summed E-state index contributed by atoms with van der Waals surface area (Å²) in [5, 5.41) is 9.97. The molecule has 2 heterocycles. The lowest BCUT2D eigenvalue weighted by Gasteiger charge is -2.24. The fourth-order valence-electron chi connectivity index (χ4n) is 3.40. The Morgan fingerprint density at radius 2 is 1.97 bits per heavy atom. The van der Waals surface area contributed by atoms with Gasteiger partial charge in [-0.1, -0.05) is 30.3 Å². The first-order valence-electron chi connectivity index (χ1n) is 9.11. The number of ether oxygens (including phenoxy) is 1. The maximum atomic E-state index is 13.0. The third-order valence-corrected chi connectivity index (χ3v) is 4.72. The molecule has 29 heavy (non-hydrogen) atoms. The highest BCUT2D eigenvalue weighted by atomic mass is 19.1. The number of benzene rings is 2. The average molecular weight is 394 g/mol. The minimum atomic E-state index is -0.404. The highest BCUT2D eigenvalue weighted by molar-refractivity contribution is 5.98. The Kier molecular flexibility index (Phi) is 4.99. The van der Waals surface area contributed by atoms with E-state index in [9.17, 15) is 14.0 Å². The molecule has 2 N–H and O–H groups in total. The number of anilines is 2. The van der Waals surface area contributed by atoms with E-state index in [0.717, 1.165) is 11.1 Å². The predicted octanol–water partition coefficient (Wildman–Crippen LogP) is 3.05. The maximum Gasteiger partial charge on any atom is 0.263 e. The molecule has 148 valence electrons. The number of aryl methyl sites for hydroxylation is 1. The molecule has 1 aliphatic heterocycles. The van der Waals surface area contributed by atoms with Gasteiger partial charge in [0.25, 0.3) is 5.91 Å². The Morgan fingerprint density at radius 3 is 2.69 bits per heavy atom. The van der Waals surface area contributed by atoms with Gasteiger partial charge in [-0.15, -0.1) is 0 Å². The highest BCUT2D eigenvalue weighted by Gasteiger charge is 2.33. The Bertz CT molecular complexity index is 1050. The fourth-order valence-corrected chi connectivity index (χ4v) is 3.40. The van der Waals surface area contributed by atoms with E-state index in [1.807, 2.05) is 30.3 Å². The van der Waals surface area contributed by atoms with Crippen LogP contribution < -0.4 is 15.4 Å². The molecular weight excluding hydrogens is 375 g/mol. The molecule has 0 fully saturated rings. The van der Waals surface area contributed by atoms with Gasteiger partial charge in [-0.2, -0.15) is 5.10 Å². The van der Waals surface area contributed by atoms with Crippen molar-refractivity contribution in [3.8, 4) is 5.75 Å². The van der Waals surface area contributed by atoms with E-state index in [2.05, 4.69) is 15.7 Å². The number of nitrogens with zero attached hydrogens (tertiary/aromatic N) is 2. The zero-order valence-corrected chi connectivity index (χ0v) is 15.7. The Hall–Kier alpha value is -3.68. The van der Waals surface area contributed by atoms with Crippen molar-refractivity contribution in [2.75, 3.05) is 17.2 Å². The monoisotopic (exact) mass is 394 g/mol. The lowest BCUT2D eigenvalue weighted by atomic mass is 9.86. The minimum absolute atomic E-state index is 0.105. The summed E-state index contributed by atoms with van der Waals surface area (Å²) in [7, 11) is 1.71. The molecule has 0 unspecified atom stereocenters. The number of amides is 2. The van der Waals surface area contributed by atoms with Crippen molar-refractivity contribution in [1.29, 1.82) is 0 Å². The number of carbonyl (C=O) groups excluding carboxylic acids is 2. The van der Waals surface area contributed by atoms with Crippen molar-refractivity contribution < 1.29 is 18.7 Å². The minimum Gasteiger partial charge on any atom is -0.484 e. The van der Waals surface area contributed by atoms with Crippen LogP contribution in [0.25, 0.3) is 0 Å². The number of carbonyl (C=O) groups is 2. The van der Waals surface area contributed by atoms with Crippen molar-refractivity contribution in [3.63, 3.8) is 0 Å². The molecule has 8 heteroatoms. The average Bonchev–Trinajstić information content (AvgIpc) is 3.02. The molecule has 0 aliphatic carbocycles. The summed E-state index contributed by atoms with van der Waals surface area (Å²) in [5.41, 5.74) is 1.73. The maximum absolute atomic E-state index is 13.0. The smallest absolute Gasteiger partial charge is 0.263 e. The zero-order chi connectivity index (χ0) is 20.4. The van der Waals surface area contributed by atoms with E-state index in [0.29, 0.717) is 17.4 Å². The van der Waals surface area contributed by atoms with E-state index < -0.39 is 5.91 Å². The molecule has 1 aliphatic rings. The number of nitrogens with one attached hydrogen (secondary N) is 2. The van der Waals surface area contributed by atoms with Crippen LogP contribution in [0.15, 0.2) is 54.6 Å². The van der Waals surface area contributed by atoms with Crippen LogP contribution in [0, 0.1) is 5.82 Å². The van der Waals surface area contributed by atoms with Gasteiger partial charge in [0.1, 0.15) is 17.4 Å². The number of fused-ring (bicyclic) bond motifs is 1. The normalized spacial score (nSPS) is 15.4. The van der Waals surface area contributed by atoms with Crippen LogP contribution in [-0.2, 0) is 16.6 Å². The second-order valence-electron chi connectivity index (χ2n) is 6.74. The molecule has 0 radical (unpaired) electrons. The van der Waals surface area contributed by atoms with Crippen LogP contribution in [0.3, 0.4) is 0 Å². The van der Waals surface area contributed by atoms with Crippen LogP contribution in [0.1, 0.15) is 23.5 Å². The van der Waals surface area contributed by atoms with Gasteiger partial charge < -0.3 is 15.4 Å². The molecule has 0 spiro atoms. The van der Waals surface area contributed by atoms with Crippen molar-refractivity contribution in [3.05, 3.63) is 71.5 Å². The number of hydrogen-bond acceptors (Lipinski definition) is 4. The largest absolute Gasteiger partial charge is 0.484 e. The highest BCUT2D eigenvalue weighted by Crippen LogP contribution is 2.41. The summed E-state index contributed by atoms with van der Waals surface area (Å²) in [6, 6.07) is 15.0. The number of rotatable bonds is 5. The van der Waals surface area contributed by atoms with Crippen molar-refractivity contribution >= 4 is 23.5 Å². The Balaban J connectivity index is 1.55. The van der Waals surface area contributed by atoms with Crippen LogP contribution in [0.5, 0.6) is 5.75 Å². The lowest BCUT2D eigenvalue weighted by molar-refractivity contribution is -0.118. The number of aromatic nitrogens is 2. The fraction of sp³-hybridized carbons (Fsp3) is 0.190. The van der Waals surface area contributed by atoms with Crippen LogP contribution in [0.4, 0.5) is 16.0 Å². The molecule has 0 saturated carbocycles. The molecule has 1 atom stereocenters.